The molecule has 0 saturated carbocycles. The van der Waals surface area contributed by atoms with E-state index < -0.39 is 18.0 Å². The minimum Gasteiger partial charge on any atom is -0.548 e. The first-order valence-electron chi connectivity index (χ1n) is 8.62. The number of thioether (sulfide) groups is 1. The van der Waals surface area contributed by atoms with Crippen molar-refractivity contribution in [3.8, 4) is 0 Å². The summed E-state index contributed by atoms with van der Waals surface area (Å²) in [6.45, 7) is 4.39. The van der Waals surface area contributed by atoms with E-state index >= 15 is 0 Å². The summed E-state index contributed by atoms with van der Waals surface area (Å²) in [5, 5.41) is 16.2. The summed E-state index contributed by atoms with van der Waals surface area (Å²) >= 11 is 1.53. The van der Waals surface area contributed by atoms with Crippen LogP contribution in [0, 0.1) is 5.92 Å². The number of carboxylic acid groups (broad SMARTS) is 1. The molecular formula is C18H26N3O3S-. The molecule has 1 heterocycles. The number of nitrogens with one attached hydrogen (secondary N) is 2. The Labute approximate surface area is 153 Å². The quantitative estimate of drug-likeness (QED) is 0.772. The molecular weight excluding hydrogens is 338 g/mol. The number of rotatable bonds is 7. The highest BCUT2D eigenvalue weighted by Gasteiger charge is 2.16. The Hall–Kier alpha value is -1.89. The van der Waals surface area contributed by atoms with E-state index in [1.807, 2.05) is 30.5 Å². The van der Waals surface area contributed by atoms with Crippen molar-refractivity contribution < 1.29 is 14.7 Å². The van der Waals surface area contributed by atoms with E-state index in [0.29, 0.717) is 17.9 Å². The lowest BCUT2D eigenvalue weighted by Crippen LogP contribution is -2.49. The second-order valence-corrected chi connectivity index (χ2v) is 7.45. The van der Waals surface area contributed by atoms with Crippen LogP contribution in [0.3, 0.4) is 0 Å². The lowest BCUT2D eigenvalue weighted by atomic mass is 9.99. The molecule has 7 heteroatoms. The van der Waals surface area contributed by atoms with Crippen molar-refractivity contribution in [3.63, 3.8) is 0 Å². The third-order valence-electron chi connectivity index (χ3n) is 4.47. The van der Waals surface area contributed by atoms with Gasteiger partial charge in [-0.25, -0.2) is 4.79 Å². The van der Waals surface area contributed by atoms with Crippen molar-refractivity contribution in [1.82, 2.24) is 5.32 Å². The molecule has 2 rings (SSSR count). The first-order chi connectivity index (χ1) is 12.0. The maximum Gasteiger partial charge on any atom is 0.319 e. The normalized spacial score (nSPS) is 16.3. The van der Waals surface area contributed by atoms with E-state index in [4.69, 9.17) is 0 Å². The molecule has 1 atom stereocenters. The summed E-state index contributed by atoms with van der Waals surface area (Å²) in [4.78, 5) is 25.4. The van der Waals surface area contributed by atoms with Gasteiger partial charge in [0.05, 0.1) is 12.0 Å². The number of benzene rings is 1. The number of anilines is 2. The smallest absolute Gasteiger partial charge is 0.319 e. The van der Waals surface area contributed by atoms with Crippen LogP contribution >= 0.6 is 11.8 Å². The molecule has 0 aliphatic carbocycles. The molecule has 0 unspecified atom stereocenters. The van der Waals surface area contributed by atoms with Gasteiger partial charge in [0.25, 0.3) is 0 Å². The van der Waals surface area contributed by atoms with E-state index in [0.717, 1.165) is 24.7 Å². The van der Waals surface area contributed by atoms with Crippen molar-refractivity contribution in [2.45, 2.75) is 32.2 Å². The van der Waals surface area contributed by atoms with Gasteiger partial charge in [-0.1, -0.05) is 6.92 Å². The van der Waals surface area contributed by atoms with Crippen LogP contribution in [0.2, 0.25) is 0 Å². The average Bonchev–Trinajstić information content (AvgIpc) is 2.60. The summed E-state index contributed by atoms with van der Waals surface area (Å²) in [6, 6.07) is 6.12. The second-order valence-electron chi connectivity index (χ2n) is 6.47. The number of nitrogens with zero attached hydrogens (tertiary/aromatic N) is 1. The summed E-state index contributed by atoms with van der Waals surface area (Å²) in [5.41, 5.74) is 1.78. The molecule has 1 fully saturated rings. The molecule has 0 radical (unpaired) electrons. The van der Waals surface area contributed by atoms with Crippen molar-refractivity contribution in [2.24, 2.45) is 5.92 Å². The topological polar surface area (TPSA) is 84.5 Å². The number of hydrogen-bond donors (Lipinski definition) is 2. The molecule has 138 valence electrons. The lowest BCUT2D eigenvalue weighted by Gasteiger charge is -2.32. The number of urea groups is 1. The van der Waals surface area contributed by atoms with Crippen LogP contribution in [-0.2, 0) is 4.79 Å². The Morgan fingerprint density at radius 3 is 2.48 bits per heavy atom. The molecule has 1 aliphatic rings. The molecule has 1 saturated heterocycles. The summed E-state index contributed by atoms with van der Waals surface area (Å²) < 4.78 is 0. The highest BCUT2D eigenvalue weighted by Crippen LogP contribution is 2.24. The monoisotopic (exact) mass is 364 g/mol. The Morgan fingerprint density at radius 2 is 1.92 bits per heavy atom. The zero-order chi connectivity index (χ0) is 18.2. The van der Waals surface area contributed by atoms with Gasteiger partial charge in [-0.15, -0.1) is 0 Å². The van der Waals surface area contributed by atoms with Gasteiger partial charge in [0.15, 0.2) is 0 Å². The molecule has 1 aromatic rings. The van der Waals surface area contributed by atoms with E-state index in [2.05, 4.69) is 22.5 Å². The van der Waals surface area contributed by atoms with Crippen molar-refractivity contribution in [2.75, 3.05) is 35.3 Å². The average molecular weight is 364 g/mol. The lowest BCUT2D eigenvalue weighted by molar-refractivity contribution is -0.308. The number of carboxylic acids is 1. The van der Waals surface area contributed by atoms with Crippen LogP contribution < -0.4 is 20.6 Å². The van der Waals surface area contributed by atoms with Gasteiger partial charge in [0, 0.05) is 24.5 Å². The predicted octanol–water partition coefficient (Wildman–Crippen LogP) is 1.92. The molecule has 0 bridgehead atoms. The molecule has 1 aliphatic heterocycles. The molecule has 2 amide bonds. The Morgan fingerprint density at radius 1 is 1.28 bits per heavy atom. The molecule has 1 aromatic carbocycles. The first kappa shape index (κ1) is 19.4. The zero-order valence-electron chi connectivity index (χ0n) is 14.8. The molecule has 6 nitrogen and oxygen atoms in total. The summed E-state index contributed by atoms with van der Waals surface area (Å²) in [5.74, 6) is 0.157. The Bertz CT molecular complexity index is 571. The van der Waals surface area contributed by atoms with E-state index in [1.54, 1.807) is 0 Å². The minimum atomic E-state index is -1.26. The second kappa shape index (κ2) is 9.56. The SMILES string of the molecule is CSCC[C@H](NC(=O)Nc1ccc(N2CCC(C)CC2)cc1)C(=O)[O-]. The third kappa shape index (κ3) is 6.16. The van der Waals surface area contributed by atoms with Gasteiger partial charge in [-0.05, 0) is 61.5 Å². The molecule has 0 spiro atoms. The highest BCUT2D eigenvalue weighted by molar-refractivity contribution is 7.98. The Balaban J connectivity index is 1.87. The van der Waals surface area contributed by atoms with Crippen molar-refractivity contribution in [3.05, 3.63) is 24.3 Å². The van der Waals surface area contributed by atoms with Crippen LogP contribution in [0.15, 0.2) is 24.3 Å². The number of amides is 2. The number of carbonyl (C=O) groups is 2. The first-order valence-corrected chi connectivity index (χ1v) is 10.0. The van der Waals surface area contributed by atoms with Crippen LogP contribution in [-0.4, -0.2) is 43.1 Å². The van der Waals surface area contributed by atoms with Gasteiger partial charge in [0.1, 0.15) is 0 Å². The largest absolute Gasteiger partial charge is 0.548 e. The number of piperidine rings is 1. The van der Waals surface area contributed by atoms with Crippen molar-refractivity contribution >= 4 is 35.1 Å². The number of hydrogen-bond acceptors (Lipinski definition) is 5. The van der Waals surface area contributed by atoms with Gasteiger partial charge < -0.3 is 25.4 Å². The Kier molecular flexibility index (Phi) is 7.43. The fourth-order valence-electron chi connectivity index (χ4n) is 2.83. The number of aliphatic carboxylic acids is 1. The van der Waals surface area contributed by atoms with Crippen LogP contribution in [0.1, 0.15) is 26.2 Å². The number of carbonyl (C=O) groups excluding carboxylic acids is 2. The van der Waals surface area contributed by atoms with Gasteiger partial charge in [-0.2, -0.15) is 11.8 Å². The summed E-state index contributed by atoms with van der Waals surface area (Å²) in [7, 11) is 0. The predicted molar refractivity (Wildman–Crippen MR) is 101 cm³/mol. The van der Waals surface area contributed by atoms with Crippen LogP contribution in [0.5, 0.6) is 0 Å². The molecule has 25 heavy (non-hydrogen) atoms. The molecule has 2 N–H and O–H groups in total. The highest BCUT2D eigenvalue weighted by atomic mass is 32.2. The fourth-order valence-corrected chi connectivity index (χ4v) is 3.30. The maximum absolute atomic E-state index is 12.0. The summed E-state index contributed by atoms with van der Waals surface area (Å²) in [6.07, 6.45) is 4.62. The van der Waals surface area contributed by atoms with Crippen LogP contribution in [0.25, 0.3) is 0 Å². The van der Waals surface area contributed by atoms with E-state index in [9.17, 15) is 14.7 Å². The van der Waals surface area contributed by atoms with Crippen LogP contribution in [0.4, 0.5) is 16.2 Å². The fraction of sp³-hybridized carbons (Fsp3) is 0.556. The van der Waals surface area contributed by atoms with E-state index in [1.165, 1.54) is 24.6 Å². The van der Waals surface area contributed by atoms with Gasteiger partial charge in [-0.3, -0.25) is 0 Å². The molecule has 0 aromatic heterocycles. The minimum absolute atomic E-state index is 0.337. The van der Waals surface area contributed by atoms with Gasteiger partial charge >= 0.3 is 6.03 Å². The van der Waals surface area contributed by atoms with Gasteiger partial charge in [0.2, 0.25) is 0 Å². The standard InChI is InChI=1S/C18H27N3O3S/c1-13-7-10-21(11-8-13)15-5-3-14(4-6-15)19-18(24)20-16(17(22)23)9-12-25-2/h3-6,13,16H,7-12H2,1-2H3,(H,22,23)(H2,19,20,24)/p-1/t16-/m0/s1. The van der Waals surface area contributed by atoms with E-state index in [-0.39, 0.29) is 0 Å². The maximum atomic E-state index is 12.0. The zero-order valence-corrected chi connectivity index (χ0v) is 15.6. The van der Waals surface area contributed by atoms with Crippen molar-refractivity contribution in [1.29, 1.82) is 0 Å². The third-order valence-corrected chi connectivity index (χ3v) is 5.12.